The molecule has 0 unspecified atom stereocenters. The maximum atomic E-state index is 3.89. The van der Waals surface area contributed by atoms with Gasteiger partial charge in [-0.15, -0.1) is 13.2 Å². The lowest BCUT2D eigenvalue weighted by Gasteiger charge is -2.13. The van der Waals surface area contributed by atoms with Gasteiger partial charge in [-0.25, -0.2) is 0 Å². The predicted octanol–water partition coefficient (Wildman–Crippen LogP) is 15.5. The fourth-order valence-electron chi connectivity index (χ4n) is 8.85. The van der Waals surface area contributed by atoms with Crippen LogP contribution in [0.25, 0.3) is 77.2 Å². The van der Waals surface area contributed by atoms with Crippen molar-refractivity contribution < 1.29 is 0 Å². The maximum Gasteiger partial charge on any atom is 0.0543 e. The number of hydrogen-bond donors (Lipinski definition) is 0. The summed E-state index contributed by atoms with van der Waals surface area (Å²) >= 11 is 0. The normalized spacial score (nSPS) is 11.7. The largest absolute Gasteiger partial charge is 0.309 e. The van der Waals surface area contributed by atoms with E-state index in [0.717, 1.165) is 44.2 Å². The fraction of sp³-hybridized carbons (Fsp3) is 0.179. The molecule has 0 amide bonds. The summed E-state index contributed by atoms with van der Waals surface area (Å²) in [5, 5.41) is 5.13. The number of hydrogen-bond acceptors (Lipinski definition) is 0. The molecule has 9 aromatic rings. The molecule has 0 aliphatic rings. The van der Waals surface area contributed by atoms with Crippen LogP contribution in [0.1, 0.15) is 59.1 Å². The number of benzene rings is 7. The van der Waals surface area contributed by atoms with Crippen LogP contribution in [0.3, 0.4) is 0 Å². The molecule has 7 aromatic carbocycles. The second kappa shape index (κ2) is 15.5. The highest BCUT2D eigenvalue weighted by Gasteiger charge is 2.18. The van der Waals surface area contributed by atoms with Crippen molar-refractivity contribution in [3.8, 4) is 33.6 Å². The van der Waals surface area contributed by atoms with E-state index in [2.05, 4.69) is 183 Å². The smallest absolute Gasteiger partial charge is 0.0543 e. The molecule has 2 nitrogen and oxygen atoms in total. The van der Waals surface area contributed by atoms with E-state index in [0.29, 0.717) is 0 Å². The van der Waals surface area contributed by atoms with Gasteiger partial charge >= 0.3 is 0 Å². The molecule has 2 aromatic heterocycles. The lowest BCUT2D eigenvalue weighted by Crippen LogP contribution is -1.98. The van der Waals surface area contributed by atoms with Gasteiger partial charge in [0, 0.05) is 32.9 Å². The molecule has 0 atom stereocenters. The Morgan fingerprint density at radius 3 is 1.12 bits per heavy atom. The minimum absolute atomic E-state index is 1.05. The van der Waals surface area contributed by atoms with E-state index in [9.17, 15) is 0 Å². The van der Waals surface area contributed by atoms with E-state index in [1.54, 1.807) is 0 Å². The van der Waals surface area contributed by atoms with E-state index >= 15 is 0 Å². The minimum Gasteiger partial charge on any atom is -0.309 e. The van der Waals surface area contributed by atoms with Gasteiger partial charge in [0.1, 0.15) is 0 Å². The molecule has 2 heterocycles. The summed E-state index contributed by atoms with van der Waals surface area (Å²) in [6.45, 7) is 16.7. The molecule has 0 bridgehead atoms. The Balaban J connectivity index is 1.16. The molecule has 58 heavy (non-hydrogen) atoms. The zero-order valence-corrected chi connectivity index (χ0v) is 34.4. The molecule has 0 aliphatic carbocycles. The fourth-order valence-corrected chi connectivity index (χ4v) is 8.85. The number of nitrogens with zero attached hydrogens (tertiary/aromatic N) is 2. The average Bonchev–Trinajstić information content (AvgIpc) is 3.72. The number of aryl methyl sites for hydroxylation is 6. The van der Waals surface area contributed by atoms with Crippen molar-refractivity contribution in [1.29, 1.82) is 0 Å². The summed E-state index contributed by atoms with van der Waals surface area (Å²) in [5.74, 6) is 0. The summed E-state index contributed by atoms with van der Waals surface area (Å²) in [7, 11) is 0. The summed E-state index contributed by atoms with van der Waals surface area (Å²) in [6, 6.07) is 50.9. The second-order valence-electron chi connectivity index (χ2n) is 16.3. The Labute approximate surface area is 343 Å². The summed E-state index contributed by atoms with van der Waals surface area (Å²) in [6.07, 6.45) is 10.5. The Hall–Kier alpha value is -6.38. The van der Waals surface area contributed by atoms with Crippen molar-refractivity contribution >= 4 is 43.6 Å². The summed E-state index contributed by atoms with van der Waals surface area (Å²) in [5.41, 5.74) is 20.2. The SMILES string of the molecule is C=CCCCc1ccc(-c2ccc3c(c2)c2cc(-c4ccc(CCCC=C)cc4)ccc2n3-c2ccc(-n3c4cc(C)c(C)cc4c4cc(C)c(C)cc43)cc2)cc1. The number of fused-ring (bicyclic) bond motifs is 6. The third-order valence-electron chi connectivity index (χ3n) is 12.4. The van der Waals surface area contributed by atoms with Crippen molar-refractivity contribution in [2.75, 3.05) is 0 Å². The molecule has 0 saturated heterocycles. The van der Waals surface area contributed by atoms with Crippen LogP contribution in [0.4, 0.5) is 0 Å². The Kier molecular flexibility index (Phi) is 9.96. The van der Waals surface area contributed by atoms with E-state index in [1.807, 2.05) is 12.2 Å². The van der Waals surface area contributed by atoms with Crippen molar-refractivity contribution in [2.24, 2.45) is 0 Å². The number of rotatable bonds is 12. The second-order valence-corrected chi connectivity index (χ2v) is 16.3. The van der Waals surface area contributed by atoms with Gasteiger partial charge in [-0.2, -0.15) is 0 Å². The highest BCUT2D eigenvalue weighted by Crippen LogP contribution is 2.39. The number of allylic oxidation sites excluding steroid dienone is 2. The molecular weight excluding hydrogens is 701 g/mol. The van der Waals surface area contributed by atoms with Gasteiger partial charge in [-0.05, 0) is 195 Å². The van der Waals surface area contributed by atoms with E-state index in [1.165, 1.54) is 105 Å². The zero-order valence-electron chi connectivity index (χ0n) is 34.4. The lowest BCUT2D eigenvalue weighted by atomic mass is 9.98. The molecule has 286 valence electrons. The van der Waals surface area contributed by atoms with Gasteiger partial charge in [-0.1, -0.05) is 72.8 Å². The summed E-state index contributed by atoms with van der Waals surface area (Å²) in [4.78, 5) is 0. The van der Waals surface area contributed by atoms with Crippen LogP contribution in [0, 0.1) is 27.7 Å². The van der Waals surface area contributed by atoms with Crippen LogP contribution in [0.5, 0.6) is 0 Å². The maximum absolute atomic E-state index is 3.89. The van der Waals surface area contributed by atoms with Crippen LogP contribution in [-0.2, 0) is 12.8 Å². The van der Waals surface area contributed by atoms with E-state index in [4.69, 9.17) is 0 Å². The first kappa shape index (κ1) is 37.2. The van der Waals surface area contributed by atoms with Gasteiger partial charge < -0.3 is 9.13 Å². The van der Waals surface area contributed by atoms with E-state index in [-0.39, 0.29) is 0 Å². The third kappa shape index (κ3) is 6.77. The van der Waals surface area contributed by atoms with Crippen LogP contribution >= 0.6 is 0 Å². The Bertz CT molecular complexity index is 2800. The highest BCUT2D eigenvalue weighted by molar-refractivity contribution is 6.12. The van der Waals surface area contributed by atoms with Gasteiger partial charge in [0.05, 0.1) is 22.1 Å². The monoisotopic (exact) mass is 752 g/mol. The first-order chi connectivity index (χ1) is 28.3. The molecule has 0 radical (unpaired) electrons. The molecule has 0 fully saturated rings. The Morgan fingerprint density at radius 2 is 0.724 bits per heavy atom. The first-order valence-electron chi connectivity index (χ1n) is 20.9. The van der Waals surface area contributed by atoms with Crippen molar-refractivity contribution in [3.63, 3.8) is 0 Å². The summed E-state index contributed by atoms with van der Waals surface area (Å²) < 4.78 is 4.90. The third-order valence-corrected chi connectivity index (χ3v) is 12.4. The van der Waals surface area contributed by atoms with Crippen molar-refractivity contribution in [2.45, 2.75) is 66.2 Å². The highest BCUT2D eigenvalue weighted by atomic mass is 15.0. The number of unbranched alkanes of at least 4 members (excludes halogenated alkanes) is 2. The van der Waals surface area contributed by atoms with Gasteiger partial charge in [-0.3, -0.25) is 0 Å². The van der Waals surface area contributed by atoms with E-state index < -0.39 is 0 Å². The lowest BCUT2D eigenvalue weighted by molar-refractivity contribution is 0.844. The Morgan fingerprint density at radius 1 is 0.379 bits per heavy atom. The van der Waals surface area contributed by atoms with Crippen LogP contribution in [0.2, 0.25) is 0 Å². The predicted molar refractivity (Wildman–Crippen MR) is 251 cm³/mol. The zero-order chi connectivity index (χ0) is 39.9. The molecular formula is C56H52N2. The van der Waals surface area contributed by atoms with Crippen molar-refractivity contribution in [3.05, 3.63) is 192 Å². The average molecular weight is 753 g/mol. The standard InChI is InChI=1S/C56H52N2/c1-7-9-11-13-41-15-19-43(20-16-41)45-23-29-53-51(35-45)52-36-46(44-21-17-42(18-22-44)14-12-10-8-2)24-30-54(52)57(53)47-25-27-48(28-26-47)58-55-33-39(5)37(3)31-49(55)50-32-38(4)40(6)34-56(50)58/h7-8,15-36H,1-2,9-14H2,3-6H3. The van der Waals surface area contributed by atoms with Gasteiger partial charge in [0.25, 0.3) is 0 Å². The molecule has 0 aliphatic heterocycles. The van der Waals surface area contributed by atoms with Crippen LogP contribution in [-0.4, -0.2) is 9.13 Å². The van der Waals surface area contributed by atoms with Crippen molar-refractivity contribution in [1.82, 2.24) is 9.13 Å². The van der Waals surface area contributed by atoms with Gasteiger partial charge in [0.15, 0.2) is 0 Å². The molecule has 0 spiro atoms. The molecule has 0 saturated carbocycles. The quantitative estimate of drug-likeness (QED) is 0.0869. The van der Waals surface area contributed by atoms with Crippen LogP contribution < -0.4 is 0 Å². The topological polar surface area (TPSA) is 9.86 Å². The molecule has 2 heteroatoms. The van der Waals surface area contributed by atoms with Gasteiger partial charge in [0.2, 0.25) is 0 Å². The number of aromatic nitrogens is 2. The molecule has 9 rings (SSSR count). The minimum atomic E-state index is 1.05. The van der Waals surface area contributed by atoms with Crippen LogP contribution in [0.15, 0.2) is 159 Å². The molecule has 0 N–H and O–H groups in total. The first-order valence-corrected chi connectivity index (χ1v) is 20.9.